The van der Waals surface area contributed by atoms with Crippen molar-refractivity contribution >= 4 is 0 Å². The minimum absolute atomic E-state index is 0.00750. The summed E-state index contributed by atoms with van der Waals surface area (Å²) in [5.41, 5.74) is 2.88. The Morgan fingerprint density at radius 3 is 2.37 bits per heavy atom. The lowest BCUT2D eigenvalue weighted by molar-refractivity contribution is 0.465. The summed E-state index contributed by atoms with van der Waals surface area (Å²) < 4.78 is 12.9. The molecule has 0 spiro atoms. The predicted molar refractivity (Wildman–Crippen MR) is 74.7 cm³/mol. The maximum atomic E-state index is 12.9. The van der Waals surface area contributed by atoms with Gasteiger partial charge in [-0.15, -0.1) is 0 Å². The summed E-state index contributed by atoms with van der Waals surface area (Å²) in [4.78, 5) is 4.55. The maximum Gasteiger partial charge on any atom is 0.131 e. The zero-order valence-corrected chi connectivity index (χ0v) is 11.0. The molecule has 1 nitrogen and oxygen atoms in total. The maximum absolute atomic E-state index is 12.9. The Morgan fingerprint density at radius 2 is 1.68 bits per heavy atom. The number of hydrogen-bond donors (Lipinski definition) is 0. The smallest absolute Gasteiger partial charge is 0.131 e. The third kappa shape index (κ3) is 2.16. The molecule has 19 heavy (non-hydrogen) atoms. The Morgan fingerprint density at radius 1 is 0.947 bits per heavy atom. The topological polar surface area (TPSA) is 12.9 Å². The molecule has 0 saturated heterocycles. The summed E-state index contributed by atoms with van der Waals surface area (Å²) in [6, 6.07) is 16.3. The number of nitrogens with zero attached hydrogens (tertiary/aromatic N) is 1. The molecule has 0 bridgehead atoms. The molecule has 1 saturated carbocycles. The zero-order valence-electron chi connectivity index (χ0n) is 11.0. The number of aromatic nitrogens is 1. The first kappa shape index (κ1) is 12.3. The predicted octanol–water partition coefficient (Wildman–Crippen LogP) is 4.41. The van der Waals surface area contributed by atoms with Gasteiger partial charge in [0, 0.05) is 5.41 Å². The number of benzene rings is 1. The number of hydrogen-bond acceptors (Lipinski definition) is 1. The van der Waals surface area contributed by atoms with Gasteiger partial charge in [0.15, 0.2) is 0 Å². The highest BCUT2D eigenvalue weighted by Gasteiger charge is 2.38. The molecule has 1 aromatic carbocycles. The van der Waals surface area contributed by atoms with Gasteiger partial charge in [-0.25, -0.2) is 4.39 Å². The molecule has 1 aliphatic rings. The number of alkyl halides is 1. The SMILES string of the molecule is FCc1cccc(C2(c3ccccc3)CCCC2)n1. The summed E-state index contributed by atoms with van der Waals surface area (Å²) in [5, 5.41) is 0. The van der Waals surface area contributed by atoms with Crippen molar-refractivity contribution in [2.45, 2.75) is 37.8 Å². The average Bonchev–Trinajstić information content (AvgIpc) is 2.99. The van der Waals surface area contributed by atoms with E-state index in [1.165, 1.54) is 18.4 Å². The van der Waals surface area contributed by atoms with Crippen LogP contribution in [0.1, 0.15) is 42.6 Å². The molecular weight excluding hydrogens is 237 g/mol. The molecule has 0 N–H and O–H groups in total. The van der Waals surface area contributed by atoms with Crippen molar-refractivity contribution in [1.29, 1.82) is 0 Å². The molecule has 1 heterocycles. The molecule has 0 amide bonds. The summed E-state index contributed by atoms with van der Waals surface area (Å²) in [7, 11) is 0. The zero-order chi connectivity index (χ0) is 13.1. The third-order valence-corrected chi connectivity index (χ3v) is 4.22. The summed E-state index contributed by atoms with van der Waals surface area (Å²) in [6.45, 7) is -0.487. The van der Waals surface area contributed by atoms with Gasteiger partial charge in [-0.05, 0) is 30.5 Å². The van der Waals surface area contributed by atoms with Crippen LogP contribution < -0.4 is 0 Å². The van der Waals surface area contributed by atoms with E-state index in [1.54, 1.807) is 6.07 Å². The fourth-order valence-electron chi connectivity index (χ4n) is 3.25. The fourth-order valence-corrected chi connectivity index (χ4v) is 3.25. The molecule has 1 fully saturated rings. The van der Waals surface area contributed by atoms with Crippen molar-refractivity contribution in [2.75, 3.05) is 0 Å². The first-order chi connectivity index (χ1) is 9.35. The summed E-state index contributed by atoms with van der Waals surface area (Å²) >= 11 is 0. The highest BCUT2D eigenvalue weighted by Crippen LogP contribution is 2.45. The molecule has 0 atom stereocenters. The Labute approximate surface area is 113 Å². The van der Waals surface area contributed by atoms with Crippen molar-refractivity contribution in [3.63, 3.8) is 0 Å². The monoisotopic (exact) mass is 255 g/mol. The van der Waals surface area contributed by atoms with E-state index in [1.807, 2.05) is 12.1 Å². The number of rotatable bonds is 3. The summed E-state index contributed by atoms with van der Waals surface area (Å²) in [5.74, 6) is 0. The van der Waals surface area contributed by atoms with Gasteiger partial charge in [-0.1, -0.05) is 49.2 Å². The highest BCUT2D eigenvalue weighted by molar-refractivity contribution is 5.37. The van der Waals surface area contributed by atoms with E-state index in [4.69, 9.17) is 0 Å². The first-order valence-corrected chi connectivity index (χ1v) is 6.93. The second-order valence-electron chi connectivity index (χ2n) is 5.30. The van der Waals surface area contributed by atoms with Gasteiger partial charge in [-0.3, -0.25) is 4.98 Å². The van der Waals surface area contributed by atoms with Crippen LogP contribution in [0.2, 0.25) is 0 Å². The van der Waals surface area contributed by atoms with Crippen LogP contribution in [0.15, 0.2) is 48.5 Å². The van der Waals surface area contributed by atoms with Gasteiger partial charge in [0.1, 0.15) is 6.67 Å². The molecule has 0 unspecified atom stereocenters. The minimum Gasteiger partial charge on any atom is -0.254 e. The van der Waals surface area contributed by atoms with Crippen LogP contribution in [0.4, 0.5) is 4.39 Å². The second kappa shape index (κ2) is 5.12. The van der Waals surface area contributed by atoms with Gasteiger partial charge >= 0.3 is 0 Å². The van der Waals surface area contributed by atoms with Gasteiger partial charge in [0.2, 0.25) is 0 Å². The number of halogens is 1. The molecule has 98 valence electrons. The highest BCUT2D eigenvalue weighted by atomic mass is 19.1. The van der Waals surface area contributed by atoms with E-state index in [0.717, 1.165) is 18.5 Å². The number of pyridine rings is 1. The molecule has 0 radical (unpaired) electrons. The van der Waals surface area contributed by atoms with Crippen LogP contribution in [0.5, 0.6) is 0 Å². The fraction of sp³-hybridized carbons (Fsp3) is 0.353. The van der Waals surface area contributed by atoms with E-state index >= 15 is 0 Å². The molecule has 2 aromatic rings. The van der Waals surface area contributed by atoms with E-state index in [9.17, 15) is 4.39 Å². The van der Waals surface area contributed by atoms with E-state index in [0.29, 0.717) is 5.69 Å². The average molecular weight is 255 g/mol. The minimum atomic E-state index is -0.487. The van der Waals surface area contributed by atoms with Crippen molar-refractivity contribution in [3.8, 4) is 0 Å². The van der Waals surface area contributed by atoms with E-state index in [2.05, 4.69) is 35.3 Å². The normalized spacial score (nSPS) is 17.5. The van der Waals surface area contributed by atoms with Gasteiger partial charge < -0.3 is 0 Å². The van der Waals surface area contributed by atoms with E-state index < -0.39 is 6.67 Å². The van der Waals surface area contributed by atoms with Crippen LogP contribution in [-0.4, -0.2) is 4.98 Å². The van der Waals surface area contributed by atoms with Gasteiger partial charge in [-0.2, -0.15) is 0 Å². The second-order valence-corrected chi connectivity index (χ2v) is 5.30. The van der Waals surface area contributed by atoms with Crippen LogP contribution in [0, 0.1) is 0 Å². The third-order valence-electron chi connectivity index (χ3n) is 4.22. The lowest BCUT2D eigenvalue weighted by Gasteiger charge is -2.29. The van der Waals surface area contributed by atoms with Gasteiger partial charge in [0.05, 0.1) is 11.4 Å². The quantitative estimate of drug-likeness (QED) is 0.791. The Kier molecular flexibility index (Phi) is 3.33. The summed E-state index contributed by atoms with van der Waals surface area (Å²) in [6.07, 6.45) is 4.66. The standard InChI is InChI=1S/C17H18FN/c18-13-15-9-6-10-16(19-15)17(11-4-5-12-17)14-7-2-1-3-8-14/h1-3,6-10H,4-5,11-13H2. The van der Waals surface area contributed by atoms with Crippen molar-refractivity contribution in [2.24, 2.45) is 0 Å². The van der Waals surface area contributed by atoms with Crippen LogP contribution >= 0.6 is 0 Å². The van der Waals surface area contributed by atoms with Crippen molar-refractivity contribution in [1.82, 2.24) is 4.98 Å². The Hall–Kier alpha value is -1.70. The Balaban J connectivity index is 2.10. The first-order valence-electron chi connectivity index (χ1n) is 6.93. The van der Waals surface area contributed by atoms with E-state index in [-0.39, 0.29) is 5.41 Å². The van der Waals surface area contributed by atoms with Crippen LogP contribution in [0.25, 0.3) is 0 Å². The molecular formula is C17H18FN. The largest absolute Gasteiger partial charge is 0.254 e. The van der Waals surface area contributed by atoms with Crippen LogP contribution in [0.3, 0.4) is 0 Å². The molecule has 1 aromatic heterocycles. The van der Waals surface area contributed by atoms with Crippen LogP contribution in [-0.2, 0) is 12.1 Å². The van der Waals surface area contributed by atoms with Crippen molar-refractivity contribution in [3.05, 3.63) is 65.5 Å². The lowest BCUT2D eigenvalue weighted by atomic mass is 9.76. The molecule has 1 aliphatic carbocycles. The molecule has 0 aliphatic heterocycles. The molecule has 2 heteroatoms. The Bertz CT molecular complexity index is 544. The lowest BCUT2D eigenvalue weighted by Crippen LogP contribution is -2.25. The van der Waals surface area contributed by atoms with Crippen molar-refractivity contribution < 1.29 is 4.39 Å². The van der Waals surface area contributed by atoms with Gasteiger partial charge in [0.25, 0.3) is 0 Å². The molecule has 3 rings (SSSR count).